The van der Waals surface area contributed by atoms with Crippen molar-refractivity contribution < 1.29 is 5.11 Å². The molecular weight excluding hydrogens is 686 g/mol. The molecule has 0 aliphatic carbocycles. The van der Waals surface area contributed by atoms with Crippen molar-refractivity contribution in [3.8, 4) is 0 Å². The lowest BCUT2D eigenvalue weighted by molar-refractivity contribution is 0.271. The zero-order chi connectivity index (χ0) is 38.6. The lowest BCUT2D eigenvalue weighted by Crippen LogP contribution is -2.07. The average molecular weight is 728 g/mol. The molecule has 0 saturated heterocycles. The van der Waals surface area contributed by atoms with Gasteiger partial charge in [0.05, 0.1) is 0 Å². The second-order valence-electron chi connectivity index (χ2n) is 11.7. The van der Waals surface area contributed by atoms with E-state index in [1.807, 2.05) is 55.4 Å². The smallest absolute Gasteiger partial charge is 0.223 e. The summed E-state index contributed by atoms with van der Waals surface area (Å²) in [6, 6.07) is 0. The summed E-state index contributed by atoms with van der Waals surface area (Å²) >= 11 is 0. The normalized spacial score (nSPS) is 10.9. The van der Waals surface area contributed by atoms with E-state index < -0.39 is 0 Å². The van der Waals surface area contributed by atoms with Crippen LogP contribution in [-0.4, -0.2) is 105 Å². The quantitative estimate of drug-likeness (QED) is 0.158. The number of aromatic nitrogens is 20. The number of anilines is 3. The van der Waals surface area contributed by atoms with E-state index in [4.69, 9.17) is 22.3 Å². The van der Waals surface area contributed by atoms with Gasteiger partial charge < -0.3 is 22.3 Å². The summed E-state index contributed by atoms with van der Waals surface area (Å²) in [4.78, 5) is 25.5. The third-order valence-corrected chi connectivity index (χ3v) is 8.00. The molecule has 0 aliphatic heterocycles. The van der Waals surface area contributed by atoms with E-state index in [0.717, 1.165) is 51.7 Å². The number of fused-ring (bicyclic) bond motifs is 3. The van der Waals surface area contributed by atoms with E-state index in [-0.39, 0.29) is 12.6 Å². The second kappa shape index (κ2) is 15.6. The maximum absolute atomic E-state index is 8.89. The fraction of sp³-hybridized carbons (Fsp3) is 0.414. The first-order chi connectivity index (χ1) is 25.2. The number of aliphatic hydroxyl groups excluding tert-OH is 1. The Labute approximate surface area is 301 Å². The van der Waals surface area contributed by atoms with Crippen molar-refractivity contribution in [2.75, 3.05) is 17.2 Å². The first kappa shape index (κ1) is 37.4. The van der Waals surface area contributed by atoms with E-state index in [2.05, 4.69) is 81.3 Å². The number of tetrazole rings is 2. The summed E-state index contributed by atoms with van der Waals surface area (Å²) in [6.45, 7) is 17.3. The number of nitrogens with zero attached hydrogens (tertiary/aromatic N) is 19. The van der Waals surface area contributed by atoms with E-state index in [1.54, 1.807) is 16.1 Å². The molecule has 278 valence electrons. The van der Waals surface area contributed by atoms with Gasteiger partial charge in [0, 0.05) is 40.2 Å². The summed E-state index contributed by atoms with van der Waals surface area (Å²) in [5, 5.41) is 45.5. The molecule has 0 spiro atoms. The summed E-state index contributed by atoms with van der Waals surface area (Å²) < 4.78 is 6.20. The van der Waals surface area contributed by atoms with E-state index in [1.165, 1.54) is 9.03 Å². The number of H-pyrrole nitrogens is 1. The molecule has 53 heavy (non-hydrogen) atoms. The molecule has 0 saturated carbocycles. The van der Waals surface area contributed by atoms with Gasteiger partial charge in [-0.15, -0.1) is 30.6 Å². The van der Waals surface area contributed by atoms with Gasteiger partial charge in [0.1, 0.15) is 19.0 Å². The number of aryl methyl sites for hydroxylation is 9. The van der Waals surface area contributed by atoms with Crippen LogP contribution >= 0.6 is 0 Å². The van der Waals surface area contributed by atoms with Crippen LogP contribution in [0.1, 0.15) is 69.8 Å². The molecule has 8 aromatic heterocycles. The first-order valence-electron chi connectivity index (χ1n) is 16.2. The maximum Gasteiger partial charge on any atom is 0.223 e. The Kier molecular flexibility index (Phi) is 11.0. The van der Waals surface area contributed by atoms with E-state index in [9.17, 15) is 0 Å². The third kappa shape index (κ3) is 8.06. The van der Waals surface area contributed by atoms with Crippen molar-refractivity contribution in [1.82, 2.24) is 99.6 Å². The summed E-state index contributed by atoms with van der Waals surface area (Å²) in [5.74, 6) is 4.14. The van der Waals surface area contributed by atoms with E-state index >= 15 is 0 Å². The highest BCUT2D eigenvalue weighted by Gasteiger charge is 2.14. The fourth-order valence-corrected chi connectivity index (χ4v) is 4.69. The van der Waals surface area contributed by atoms with Crippen molar-refractivity contribution in [3.63, 3.8) is 0 Å². The predicted molar refractivity (Wildman–Crippen MR) is 190 cm³/mol. The van der Waals surface area contributed by atoms with Gasteiger partial charge in [0.25, 0.3) is 0 Å². The predicted octanol–water partition coefficient (Wildman–Crippen LogP) is -0.124. The molecule has 24 nitrogen and oxygen atoms in total. The molecule has 8 N–H and O–H groups in total. The van der Waals surface area contributed by atoms with Crippen molar-refractivity contribution in [1.29, 1.82) is 0 Å². The SMILES string of the molecule is CCc1nc2c(C)c(C)nc(N)n2n1.Cc1nc(N)n2nc(CO)nc2c1C.Cc1nc(N)n2nc(Cn3nnnc3C)nc2c1C.Cc1nn[nH]n1. The van der Waals surface area contributed by atoms with Crippen molar-refractivity contribution in [3.05, 3.63) is 62.9 Å². The zero-order valence-electron chi connectivity index (χ0n) is 30.8. The van der Waals surface area contributed by atoms with Gasteiger partial charge in [-0.25, -0.2) is 34.6 Å². The molecule has 0 unspecified atom stereocenters. The minimum atomic E-state index is -0.195. The van der Waals surface area contributed by atoms with Crippen LogP contribution in [-0.2, 0) is 19.6 Å². The molecule has 0 amide bonds. The minimum absolute atomic E-state index is 0.195. The van der Waals surface area contributed by atoms with Gasteiger partial charge in [-0.05, 0) is 65.8 Å². The fourth-order valence-electron chi connectivity index (χ4n) is 4.69. The third-order valence-electron chi connectivity index (χ3n) is 8.00. The second-order valence-corrected chi connectivity index (χ2v) is 11.7. The maximum atomic E-state index is 8.89. The number of nitrogens with one attached hydrogen (secondary N) is 1. The number of nitrogen functional groups attached to an aromatic ring is 3. The van der Waals surface area contributed by atoms with Gasteiger partial charge in [-0.2, -0.15) is 18.8 Å². The Morgan fingerprint density at radius 2 is 1.06 bits per heavy atom. The van der Waals surface area contributed by atoms with Crippen LogP contribution in [0.5, 0.6) is 0 Å². The molecule has 0 bridgehead atoms. The van der Waals surface area contributed by atoms with Gasteiger partial charge >= 0.3 is 0 Å². The number of hydrogen-bond donors (Lipinski definition) is 5. The van der Waals surface area contributed by atoms with Gasteiger partial charge in [0.2, 0.25) is 17.8 Å². The Morgan fingerprint density at radius 1 is 0.604 bits per heavy atom. The van der Waals surface area contributed by atoms with Crippen molar-refractivity contribution in [2.45, 2.75) is 81.9 Å². The largest absolute Gasteiger partial charge is 0.388 e. The van der Waals surface area contributed by atoms with Crippen LogP contribution in [0.3, 0.4) is 0 Å². The Morgan fingerprint density at radius 3 is 1.43 bits per heavy atom. The van der Waals surface area contributed by atoms with Crippen LogP contribution in [0, 0.1) is 55.4 Å². The Bertz CT molecular complexity index is 2400. The zero-order valence-corrected chi connectivity index (χ0v) is 30.8. The molecule has 0 atom stereocenters. The lowest BCUT2D eigenvalue weighted by atomic mass is 10.2. The molecule has 0 aliphatic rings. The molecular formula is C29H41N23O. The molecule has 0 aromatic carbocycles. The highest BCUT2D eigenvalue weighted by atomic mass is 16.3. The number of nitrogens with two attached hydrogens (primary N) is 3. The average Bonchev–Trinajstić information content (AvgIpc) is 3.98. The Hall–Kier alpha value is -6.85. The molecule has 8 rings (SSSR count). The first-order valence-corrected chi connectivity index (χ1v) is 16.2. The number of hydrogen-bond acceptors (Lipinski definition) is 19. The molecule has 24 heteroatoms. The summed E-state index contributed by atoms with van der Waals surface area (Å²) in [5.41, 5.74) is 24.9. The molecule has 8 aromatic rings. The Balaban J connectivity index is 0.000000144. The topological polar surface area (TPSA) is 326 Å². The van der Waals surface area contributed by atoms with Crippen LogP contribution in [0.2, 0.25) is 0 Å². The van der Waals surface area contributed by atoms with Crippen LogP contribution in [0.4, 0.5) is 17.8 Å². The standard InChI is InChI=1S/C10H13N9.C9H13N5.C8H11N5O.C2H4N4/c1-5-6(2)12-10(11)19-9(5)13-8(15-19)4-18-7(3)14-16-17-18;1-4-7-12-8-5(2)6(3)11-9(10)14(8)13-7;1-4-5(2)10-8(9)13-7(4)11-6(3-14)12-13;1-2-3-5-6-4-2/h4H2,1-3H3,(H2,11,12);4H2,1-3H3,(H2,10,11);14H,3H2,1-2H3,(H2,9,10);1H3,(H,3,4,5,6). The number of aromatic amines is 1. The van der Waals surface area contributed by atoms with E-state index in [0.29, 0.717) is 53.0 Å². The van der Waals surface area contributed by atoms with Crippen LogP contribution < -0.4 is 17.2 Å². The van der Waals surface area contributed by atoms with Crippen LogP contribution in [0.25, 0.3) is 16.9 Å². The van der Waals surface area contributed by atoms with Crippen LogP contribution in [0.15, 0.2) is 0 Å². The minimum Gasteiger partial charge on any atom is -0.388 e. The number of rotatable bonds is 4. The van der Waals surface area contributed by atoms with Gasteiger partial charge in [-0.1, -0.05) is 12.1 Å². The summed E-state index contributed by atoms with van der Waals surface area (Å²) in [7, 11) is 0. The van der Waals surface area contributed by atoms with Crippen molar-refractivity contribution >= 4 is 34.8 Å². The molecule has 0 radical (unpaired) electrons. The van der Waals surface area contributed by atoms with Crippen molar-refractivity contribution in [2.24, 2.45) is 0 Å². The summed E-state index contributed by atoms with van der Waals surface area (Å²) in [6.07, 6.45) is 0.805. The van der Waals surface area contributed by atoms with Gasteiger partial charge in [-0.3, -0.25) is 0 Å². The molecule has 0 fully saturated rings. The highest BCUT2D eigenvalue weighted by molar-refractivity contribution is 5.53. The molecule has 8 heterocycles. The number of aliphatic hydroxyl groups is 1. The monoisotopic (exact) mass is 727 g/mol. The lowest BCUT2D eigenvalue weighted by Gasteiger charge is -2.02. The highest BCUT2D eigenvalue weighted by Crippen LogP contribution is 2.16. The van der Waals surface area contributed by atoms with Gasteiger partial charge in [0.15, 0.2) is 40.2 Å².